The molecule has 0 amide bonds. The highest BCUT2D eigenvalue weighted by atomic mass is 31.8. The van der Waals surface area contributed by atoms with Crippen molar-refractivity contribution < 1.29 is 0 Å². The number of rotatable bonds is 1. The van der Waals surface area contributed by atoms with Gasteiger partial charge in [-0.15, -0.1) is 0 Å². The van der Waals surface area contributed by atoms with Gasteiger partial charge in [-0.25, -0.2) is 4.75 Å². The SMILES string of the molecule is CCc1p[pH]nc1C. The first kappa shape index (κ1) is 6.26. The van der Waals surface area contributed by atoms with Crippen LogP contribution in [-0.4, -0.2) is 4.75 Å². The van der Waals surface area contributed by atoms with Gasteiger partial charge in [0.05, 0.1) is 0 Å². The Balaban J connectivity index is 2.92. The molecule has 0 aliphatic carbocycles. The molecule has 1 rings (SSSR count). The fraction of sp³-hybridized carbons (Fsp3) is 0.600. The summed E-state index contributed by atoms with van der Waals surface area (Å²) >= 11 is 0. The average Bonchev–Trinajstić information content (AvgIpc) is 2.14. The summed E-state index contributed by atoms with van der Waals surface area (Å²) in [6, 6.07) is 0. The number of aryl methyl sites for hydroxylation is 2. The molecule has 1 nitrogen and oxygen atoms in total. The van der Waals surface area contributed by atoms with Gasteiger partial charge >= 0.3 is 0 Å². The number of hydrogen-bond donors (Lipinski definition) is 0. The predicted molar refractivity (Wildman–Crippen MR) is 40.4 cm³/mol. The van der Waals surface area contributed by atoms with Gasteiger partial charge < -0.3 is 0 Å². The van der Waals surface area contributed by atoms with Crippen LogP contribution in [0, 0.1) is 6.92 Å². The van der Waals surface area contributed by atoms with Gasteiger partial charge in [0.2, 0.25) is 0 Å². The minimum absolute atomic E-state index is 0.799. The number of aromatic nitrogens is 1. The second-order valence-corrected chi connectivity index (χ2v) is 4.17. The molecule has 0 saturated carbocycles. The van der Waals surface area contributed by atoms with Crippen molar-refractivity contribution in [2.24, 2.45) is 0 Å². The van der Waals surface area contributed by atoms with E-state index in [1.807, 2.05) is 0 Å². The van der Waals surface area contributed by atoms with Gasteiger partial charge in [-0.05, 0) is 29.2 Å². The number of hydrogen-bond acceptors (Lipinski definition) is 1. The minimum atomic E-state index is 0.799. The lowest BCUT2D eigenvalue weighted by molar-refractivity contribution is 1.13. The highest BCUT2D eigenvalue weighted by Gasteiger charge is 1.94. The van der Waals surface area contributed by atoms with E-state index >= 15 is 0 Å². The first-order chi connectivity index (χ1) is 3.84. The zero-order chi connectivity index (χ0) is 5.98. The van der Waals surface area contributed by atoms with E-state index in [0.29, 0.717) is 0 Å². The van der Waals surface area contributed by atoms with Gasteiger partial charge in [0, 0.05) is 11.0 Å². The molecular weight excluding hydrogens is 136 g/mol. The lowest BCUT2D eigenvalue weighted by Gasteiger charge is -1.85. The Bertz CT molecular complexity index is 171. The molecule has 0 saturated heterocycles. The van der Waals surface area contributed by atoms with Gasteiger partial charge in [0.1, 0.15) is 0 Å². The fourth-order valence-corrected chi connectivity index (χ4v) is 3.48. The molecule has 1 unspecified atom stereocenters. The van der Waals surface area contributed by atoms with E-state index < -0.39 is 0 Å². The second kappa shape index (κ2) is 2.62. The van der Waals surface area contributed by atoms with Crippen molar-refractivity contribution in [2.75, 3.05) is 0 Å². The van der Waals surface area contributed by atoms with E-state index in [1.54, 1.807) is 0 Å². The smallest absolute Gasteiger partial charge is 0.0495 e. The molecule has 0 aromatic carbocycles. The van der Waals surface area contributed by atoms with E-state index in [9.17, 15) is 0 Å². The Morgan fingerprint density at radius 3 is 2.75 bits per heavy atom. The van der Waals surface area contributed by atoms with Gasteiger partial charge in [-0.2, -0.15) is 0 Å². The molecule has 1 atom stereocenters. The predicted octanol–water partition coefficient (Wildman–Crippen LogP) is 2.56. The molecule has 0 aliphatic rings. The number of nitrogens with zero attached hydrogens (tertiary/aromatic N) is 1. The van der Waals surface area contributed by atoms with Crippen molar-refractivity contribution in [1.82, 2.24) is 4.75 Å². The zero-order valence-corrected chi connectivity index (χ0v) is 7.00. The maximum Gasteiger partial charge on any atom is 0.0495 e. The lowest BCUT2D eigenvalue weighted by atomic mass is 10.3. The topological polar surface area (TPSA) is 12.9 Å². The Kier molecular flexibility index (Phi) is 2.05. The van der Waals surface area contributed by atoms with E-state index in [0.717, 1.165) is 8.03 Å². The Labute approximate surface area is 52.7 Å². The van der Waals surface area contributed by atoms with Crippen molar-refractivity contribution in [2.45, 2.75) is 20.3 Å². The van der Waals surface area contributed by atoms with Crippen LogP contribution in [0.5, 0.6) is 0 Å². The third-order valence-electron chi connectivity index (χ3n) is 1.16. The average molecular weight is 145 g/mol. The quantitative estimate of drug-likeness (QED) is 0.591. The molecule has 0 fully saturated rings. The molecule has 1 aromatic rings. The molecule has 1 heterocycles. The third kappa shape index (κ3) is 1.10. The van der Waals surface area contributed by atoms with E-state index in [2.05, 4.69) is 18.6 Å². The summed E-state index contributed by atoms with van der Waals surface area (Å²) in [5.41, 5.74) is 1.28. The molecule has 44 valence electrons. The molecular formula is C5H9NP2. The van der Waals surface area contributed by atoms with Gasteiger partial charge in [-0.3, -0.25) is 0 Å². The molecule has 8 heavy (non-hydrogen) atoms. The summed E-state index contributed by atoms with van der Waals surface area (Å²) in [4.78, 5) is 0. The molecule has 0 bridgehead atoms. The Hall–Kier alpha value is 0.140. The molecule has 0 radical (unpaired) electrons. The highest BCUT2D eigenvalue weighted by Crippen LogP contribution is 2.26. The van der Waals surface area contributed by atoms with Crippen LogP contribution in [0.15, 0.2) is 0 Å². The lowest BCUT2D eigenvalue weighted by Crippen LogP contribution is -1.75. The van der Waals surface area contributed by atoms with Crippen LogP contribution < -0.4 is 0 Å². The summed E-state index contributed by atoms with van der Waals surface area (Å²) in [7, 11) is 2.26. The first-order valence-electron chi connectivity index (χ1n) is 2.71. The zero-order valence-electron chi connectivity index (χ0n) is 5.10. The van der Waals surface area contributed by atoms with Gasteiger partial charge in [-0.1, -0.05) is 6.92 Å². The van der Waals surface area contributed by atoms with Crippen molar-refractivity contribution in [3.8, 4) is 0 Å². The monoisotopic (exact) mass is 145 g/mol. The molecule has 3 heteroatoms. The van der Waals surface area contributed by atoms with E-state index in [4.69, 9.17) is 0 Å². The van der Waals surface area contributed by atoms with Crippen LogP contribution in [0.2, 0.25) is 0 Å². The van der Waals surface area contributed by atoms with Crippen molar-refractivity contribution in [1.29, 1.82) is 0 Å². The van der Waals surface area contributed by atoms with E-state index in [-0.39, 0.29) is 0 Å². The van der Waals surface area contributed by atoms with Crippen LogP contribution in [0.3, 0.4) is 0 Å². The van der Waals surface area contributed by atoms with Crippen LogP contribution in [0.4, 0.5) is 0 Å². The Morgan fingerprint density at radius 1 is 1.75 bits per heavy atom. The third-order valence-corrected chi connectivity index (χ3v) is 4.01. The summed E-state index contributed by atoms with van der Waals surface area (Å²) in [5.74, 6) is 0. The molecule has 1 aromatic heterocycles. The fourth-order valence-electron chi connectivity index (χ4n) is 0.641. The van der Waals surface area contributed by atoms with Crippen molar-refractivity contribution in [3.05, 3.63) is 11.0 Å². The van der Waals surface area contributed by atoms with Crippen molar-refractivity contribution in [3.63, 3.8) is 0 Å². The summed E-state index contributed by atoms with van der Waals surface area (Å²) in [6.07, 6.45) is 1.18. The maximum absolute atomic E-state index is 4.28. The summed E-state index contributed by atoms with van der Waals surface area (Å²) < 4.78 is 4.28. The van der Waals surface area contributed by atoms with Crippen LogP contribution in [0.25, 0.3) is 0 Å². The second-order valence-electron chi connectivity index (χ2n) is 1.71. The largest absolute Gasteiger partial charge is 0.241 e. The molecule has 0 N–H and O–H groups in total. The van der Waals surface area contributed by atoms with Crippen LogP contribution in [0.1, 0.15) is 17.9 Å². The molecule has 0 spiro atoms. The van der Waals surface area contributed by atoms with Gasteiger partial charge in [0.15, 0.2) is 0 Å². The maximum atomic E-state index is 4.28. The Morgan fingerprint density at radius 2 is 2.50 bits per heavy atom. The minimum Gasteiger partial charge on any atom is -0.241 e. The van der Waals surface area contributed by atoms with Crippen LogP contribution >= 0.6 is 15.9 Å². The first-order valence-corrected chi connectivity index (χ1v) is 5.39. The van der Waals surface area contributed by atoms with E-state index in [1.165, 1.54) is 25.3 Å². The van der Waals surface area contributed by atoms with Crippen molar-refractivity contribution >= 4 is 15.9 Å². The standard InChI is InChI=1S/C5H9NP2/c1-3-5-4(2)6-8-7-5/h8H,3H2,1-2H3. The normalized spacial score (nSPS) is 11.8. The summed E-state index contributed by atoms with van der Waals surface area (Å²) in [6.45, 7) is 4.29. The van der Waals surface area contributed by atoms with Crippen LogP contribution in [-0.2, 0) is 6.42 Å². The van der Waals surface area contributed by atoms with Gasteiger partial charge in [0.25, 0.3) is 0 Å². The summed E-state index contributed by atoms with van der Waals surface area (Å²) in [5, 5.41) is 1.53. The highest BCUT2D eigenvalue weighted by molar-refractivity contribution is 7.89. The molecule has 0 aliphatic heterocycles.